The lowest BCUT2D eigenvalue weighted by Gasteiger charge is -2.23. The van der Waals surface area contributed by atoms with Crippen LogP contribution in [-0.4, -0.2) is 16.7 Å². The van der Waals surface area contributed by atoms with Gasteiger partial charge in [0.2, 0.25) is 0 Å². The van der Waals surface area contributed by atoms with E-state index in [4.69, 9.17) is 4.74 Å². The number of nitrogens with zero attached hydrogens (tertiary/aromatic N) is 2. The second-order valence-corrected chi connectivity index (χ2v) is 12.0. The molecular formula is C32H25N2O3P. The van der Waals surface area contributed by atoms with Crippen LogP contribution in [0.3, 0.4) is 0 Å². The van der Waals surface area contributed by atoms with Gasteiger partial charge in [-0.15, -0.1) is 0 Å². The van der Waals surface area contributed by atoms with Crippen LogP contribution in [0, 0.1) is 0 Å². The van der Waals surface area contributed by atoms with Crippen LogP contribution in [0.15, 0.2) is 126 Å². The lowest BCUT2D eigenvalue weighted by atomic mass is 10.1. The van der Waals surface area contributed by atoms with Crippen LogP contribution in [0.25, 0.3) is 27.4 Å². The molecule has 0 atom stereocenters. The van der Waals surface area contributed by atoms with Crippen LogP contribution >= 0.6 is 7.14 Å². The first kappa shape index (κ1) is 23.9. The maximum Gasteiger partial charge on any atom is 0.267 e. The van der Waals surface area contributed by atoms with E-state index in [1.807, 2.05) is 109 Å². The van der Waals surface area contributed by atoms with E-state index < -0.39 is 7.14 Å². The van der Waals surface area contributed by atoms with E-state index in [-0.39, 0.29) is 11.7 Å². The van der Waals surface area contributed by atoms with E-state index in [2.05, 4.69) is 4.98 Å². The van der Waals surface area contributed by atoms with Crippen LogP contribution in [0.1, 0.15) is 5.69 Å². The number of ether oxygens (including phenoxy) is 1. The number of rotatable bonds is 6. The molecule has 0 aliphatic rings. The van der Waals surface area contributed by atoms with Crippen molar-refractivity contribution in [3.63, 3.8) is 0 Å². The normalized spacial score (nSPS) is 11.6. The van der Waals surface area contributed by atoms with Gasteiger partial charge in [-0.25, -0.2) is 0 Å². The second-order valence-electron chi connectivity index (χ2n) is 9.12. The monoisotopic (exact) mass is 516 g/mol. The molecule has 0 bridgehead atoms. The van der Waals surface area contributed by atoms with Crippen LogP contribution < -0.4 is 20.9 Å². The topological polar surface area (TPSA) is 61.2 Å². The highest BCUT2D eigenvalue weighted by Gasteiger charge is 2.30. The predicted octanol–water partition coefficient (Wildman–Crippen LogP) is 6.06. The molecule has 2 aromatic heterocycles. The van der Waals surface area contributed by atoms with Gasteiger partial charge in [0, 0.05) is 34.0 Å². The molecule has 38 heavy (non-hydrogen) atoms. The summed E-state index contributed by atoms with van der Waals surface area (Å²) in [6, 6.07) is 36.2. The van der Waals surface area contributed by atoms with Crippen LogP contribution in [0.5, 0.6) is 5.75 Å². The summed E-state index contributed by atoms with van der Waals surface area (Å²) in [6.45, 7) is 0. The zero-order chi connectivity index (χ0) is 26.1. The fraction of sp³-hybridized carbons (Fsp3) is 0.0625. The molecule has 0 spiro atoms. The average molecular weight is 517 g/mol. The van der Waals surface area contributed by atoms with Crippen molar-refractivity contribution < 1.29 is 9.30 Å². The molecule has 6 heteroatoms. The molecule has 0 saturated heterocycles. The Balaban J connectivity index is 1.69. The smallest absolute Gasteiger partial charge is 0.267 e. The summed E-state index contributed by atoms with van der Waals surface area (Å²) in [5, 5.41) is 3.61. The number of fused-ring (bicyclic) bond motifs is 2. The number of benzene rings is 4. The molecule has 0 N–H and O–H groups in total. The number of methoxy groups -OCH3 is 1. The second kappa shape index (κ2) is 9.77. The SMILES string of the molecule is COc1cccc2cc(CP(=O)(c3ccccc3)c3ccccc3)n(-c3cccc4cccnc34)c(=O)c12. The third-order valence-corrected chi connectivity index (χ3v) is 9.92. The Morgan fingerprint density at radius 3 is 2.08 bits per heavy atom. The van der Waals surface area contributed by atoms with Gasteiger partial charge >= 0.3 is 0 Å². The fourth-order valence-corrected chi connectivity index (χ4v) is 7.76. The minimum atomic E-state index is -3.18. The van der Waals surface area contributed by atoms with Crippen molar-refractivity contribution in [2.75, 3.05) is 7.11 Å². The Labute approximate surface area is 220 Å². The molecule has 0 radical (unpaired) electrons. The van der Waals surface area contributed by atoms with Crippen molar-refractivity contribution in [1.29, 1.82) is 0 Å². The quantitative estimate of drug-likeness (QED) is 0.253. The molecule has 0 saturated carbocycles. The zero-order valence-electron chi connectivity index (χ0n) is 20.8. The molecule has 0 unspecified atom stereocenters. The predicted molar refractivity (Wildman–Crippen MR) is 155 cm³/mol. The van der Waals surface area contributed by atoms with Gasteiger partial charge in [-0.3, -0.25) is 14.3 Å². The standard InChI is InChI=1S/C32H25N2O3P/c1-37-29-19-9-12-24-21-25(22-38(36,26-14-4-2-5-15-26)27-16-6-3-7-17-27)34(32(35)30(24)29)28-18-8-11-23-13-10-20-33-31(23)28/h2-21H,22H2,1H3. The third kappa shape index (κ3) is 4.02. The van der Waals surface area contributed by atoms with Crippen molar-refractivity contribution in [3.05, 3.63) is 138 Å². The molecule has 0 aliphatic heterocycles. The summed E-state index contributed by atoms with van der Waals surface area (Å²) < 4.78 is 22.3. The molecule has 5 nitrogen and oxygen atoms in total. The lowest BCUT2D eigenvalue weighted by Crippen LogP contribution is -2.25. The first-order valence-electron chi connectivity index (χ1n) is 12.4. The lowest BCUT2D eigenvalue weighted by molar-refractivity contribution is 0.419. The van der Waals surface area contributed by atoms with E-state index in [0.717, 1.165) is 21.4 Å². The highest BCUT2D eigenvalue weighted by atomic mass is 31.2. The van der Waals surface area contributed by atoms with Crippen LogP contribution in [0.2, 0.25) is 0 Å². The van der Waals surface area contributed by atoms with Gasteiger partial charge in [-0.05, 0) is 29.7 Å². The van der Waals surface area contributed by atoms with Crippen LogP contribution in [0.4, 0.5) is 0 Å². The highest BCUT2D eigenvalue weighted by Crippen LogP contribution is 2.47. The summed E-state index contributed by atoms with van der Waals surface area (Å²) in [5.74, 6) is 0.496. The van der Waals surface area contributed by atoms with E-state index in [1.54, 1.807) is 23.9 Å². The Kier molecular flexibility index (Phi) is 6.15. The van der Waals surface area contributed by atoms with Crippen molar-refractivity contribution >= 4 is 39.4 Å². The minimum absolute atomic E-state index is 0.159. The summed E-state index contributed by atoms with van der Waals surface area (Å²) >= 11 is 0. The number of hydrogen-bond donors (Lipinski definition) is 0. The van der Waals surface area contributed by atoms with Crippen LogP contribution in [-0.2, 0) is 10.7 Å². The summed E-state index contributed by atoms with van der Waals surface area (Å²) in [6.07, 6.45) is 1.88. The molecule has 0 fully saturated rings. The van der Waals surface area contributed by atoms with Crippen molar-refractivity contribution in [1.82, 2.24) is 9.55 Å². The van der Waals surface area contributed by atoms with Gasteiger partial charge < -0.3 is 9.30 Å². The number of hydrogen-bond acceptors (Lipinski definition) is 4. The molecule has 6 rings (SSSR count). The molecule has 4 aromatic carbocycles. The maximum absolute atomic E-state index is 15.0. The highest BCUT2D eigenvalue weighted by molar-refractivity contribution is 7.78. The Morgan fingerprint density at radius 1 is 0.763 bits per heavy atom. The van der Waals surface area contributed by atoms with Gasteiger partial charge in [-0.2, -0.15) is 0 Å². The van der Waals surface area contributed by atoms with E-state index in [1.165, 1.54) is 0 Å². The number of pyridine rings is 2. The van der Waals surface area contributed by atoms with Gasteiger partial charge in [0.05, 0.1) is 23.7 Å². The van der Waals surface area contributed by atoms with Crippen molar-refractivity contribution in [3.8, 4) is 11.4 Å². The first-order valence-corrected chi connectivity index (χ1v) is 14.3. The fourth-order valence-electron chi connectivity index (χ4n) is 5.10. The van der Waals surface area contributed by atoms with Crippen molar-refractivity contribution in [2.24, 2.45) is 0 Å². The molecular weight excluding hydrogens is 491 g/mol. The first-order chi connectivity index (χ1) is 18.6. The summed E-state index contributed by atoms with van der Waals surface area (Å²) in [5.41, 5.74) is 1.75. The van der Waals surface area contributed by atoms with Gasteiger partial charge in [0.1, 0.15) is 12.9 Å². The Morgan fingerprint density at radius 2 is 1.39 bits per heavy atom. The molecule has 6 aromatic rings. The molecule has 0 aliphatic carbocycles. The molecule has 186 valence electrons. The number of aromatic nitrogens is 2. The average Bonchev–Trinajstić information content (AvgIpc) is 2.97. The molecule has 2 heterocycles. The number of para-hydroxylation sites is 1. The summed E-state index contributed by atoms with van der Waals surface area (Å²) in [7, 11) is -1.62. The van der Waals surface area contributed by atoms with E-state index >= 15 is 4.57 Å². The van der Waals surface area contributed by atoms with Gasteiger partial charge in [0.15, 0.2) is 0 Å². The third-order valence-electron chi connectivity index (χ3n) is 6.89. The zero-order valence-corrected chi connectivity index (χ0v) is 21.7. The molecule has 0 amide bonds. The largest absolute Gasteiger partial charge is 0.496 e. The Bertz CT molecular complexity index is 1830. The van der Waals surface area contributed by atoms with E-state index in [9.17, 15) is 4.79 Å². The summed E-state index contributed by atoms with van der Waals surface area (Å²) in [4.78, 5) is 18.9. The minimum Gasteiger partial charge on any atom is -0.496 e. The Hall–Kier alpha value is -4.47. The van der Waals surface area contributed by atoms with Gasteiger partial charge in [0.25, 0.3) is 5.56 Å². The van der Waals surface area contributed by atoms with Crippen molar-refractivity contribution in [2.45, 2.75) is 6.16 Å². The van der Waals surface area contributed by atoms with Gasteiger partial charge in [-0.1, -0.05) is 91.0 Å². The van der Waals surface area contributed by atoms with E-state index in [0.29, 0.717) is 28.0 Å². The maximum atomic E-state index is 15.0.